The van der Waals surface area contributed by atoms with Crippen LogP contribution >= 0.6 is 0 Å². The number of fused-ring (bicyclic) bond motifs is 1. The topological polar surface area (TPSA) is 88.1 Å². The Morgan fingerprint density at radius 2 is 2.15 bits per heavy atom. The van der Waals surface area contributed by atoms with Crippen molar-refractivity contribution >= 4 is 17.9 Å². The largest absolute Gasteiger partial charge is 0.459 e. The molecule has 0 spiro atoms. The molecule has 0 bridgehead atoms. The van der Waals surface area contributed by atoms with E-state index in [1.165, 1.54) is 6.92 Å². The molecule has 7 nitrogen and oxygen atoms in total. The fraction of sp³-hybridized carbons (Fsp3) is 0.615. The van der Waals surface area contributed by atoms with Crippen molar-refractivity contribution < 1.29 is 33.3 Å². The second-order valence-corrected chi connectivity index (χ2v) is 4.75. The SMILES string of the molecule is C=C(C)C(=O)OCC(=O)OCC1OC(=O)C2CCOC12. The van der Waals surface area contributed by atoms with Crippen LogP contribution in [0.3, 0.4) is 0 Å². The Morgan fingerprint density at radius 3 is 2.85 bits per heavy atom. The maximum atomic E-state index is 11.5. The Kier molecular flexibility index (Phi) is 4.39. The van der Waals surface area contributed by atoms with Crippen LogP contribution in [0.25, 0.3) is 0 Å². The highest BCUT2D eigenvalue weighted by atomic mass is 16.6. The van der Waals surface area contributed by atoms with E-state index >= 15 is 0 Å². The van der Waals surface area contributed by atoms with Crippen molar-refractivity contribution in [1.29, 1.82) is 0 Å². The molecule has 0 N–H and O–H groups in total. The van der Waals surface area contributed by atoms with Gasteiger partial charge in [0.2, 0.25) is 0 Å². The van der Waals surface area contributed by atoms with Crippen LogP contribution in [0.5, 0.6) is 0 Å². The van der Waals surface area contributed by atoms with Crippen molar-refractivity contribution in [2.45, 2.75) is 25.6 Å². The summed E-state index contributed by atoms with van der Waals surface area (Å²) in [6.45, 7) is 4.77. The van der Waals surface area contributed by atoms with E-state index in [2.05, 4.69) is 11.3 Å². The minimum atomic E-state index is -0.711. The zero-order chi connectivity index (χ0) is 14.7. The maximum Gasteiger partial charge on any atom is 0.344 e. The smallest absolute Gasteiger partial charge is 0.344 e. The molecule has 2 rings (SSSR count). The van der Waals surface area contributed by atoms with Gasteiger partial charge in [0.15, 0.2) is 12.7 Å². The molecule has 7 heteroatoms. The van der Waals surface area contributed by atoms with Gasteiger partial charge in [0.05, 0.1) is 5.92 Å². The van der Waals surface area contributed by atoms with Crippen LogP contribution in [-0.2, 0) is 33.3 Å². The Morgan fingerprint density at radius 1 is 1.40 bits per heavy atom. The molecule has 110 valence electrons. The van der Waals surface area contributed by atoms with Crippen molar-refractivity contribution in [3.05, 3.63) is 12.2 Å². The minimum Gasteiger partial charge on any atom is -0.459 e. The number of esters is 3. The lowest BCUT2D eigenvalue weighted by atomic mass is 10.0. The van der Waals surface area contributed by atoms with E-state index in [1.807, 2.05) is 0 Å². The second-order valence-electron chi connectivity index (χ2n) is 4.75. The molecule has 0 amide bonds. The third-order valence-electron chi connectivity index (χ3n) is 3.15. The van der Waals surface area contributed by atoms with Crippen LogP contribution in [0.1, 0.15) is 13.3 Å². The van der Waals surface area contributed by atoms with E-state index in [9.17, 15) is 14.4 Å². The number of hydrogen-bond acceptors (Lipinski definition) is 7. The molecule has 2 aliphatic heterocycles. The normalized spacial score (nSPS) is 27.6. The number of rotatable bonds is 5. The van der Waals surface area contributed by atoms with Crippen LogP contribution in [0.15, 0.2) is 12.2 Å². The van der Waals surface area contributed by atoms with Crippen LogP contribution in [0.4, 0.5) is 0 Å². The average molecular weight is 284 g/mol. The molecular weight excluding hydrogens is 268 g/mol. The average Bonchev–Trinajstić information content (AvgIpc) is 2.98. The number of carbonyl (C=O) groups excluding carboxylic acids is 3. The maximum absolute atomic E-state index is 11.5. The molecule has 0 aliphatic carbocycles. The monoisotopic (exact) mass is 284 g/mol. The van der Waals surface area contributed by atoms with Gasteiger partial charge in [-0.15, -0.1) is 0 Å². The Bertz CT molecular complexity index is 442. The molecule has 2 heterocycles. The quantitative estimate of drug-likeness (QED) is 0.398. The highest BCUT2D eigenvalue weighted by Crippen LogP contribution is 2.32. The first-order valence-electron chi connectivity index (χ1n) is 6.29. The number of ether oxygens (including phenoxy) is 4. The summed E-state index contributed by atoms with van der Waals surface area (Å²) in [5, 5.41) is 0. The fourth-order valence-electron chi connectivity index (χ4n) is 2.13. The summed E-state index contributed by atoms with van der Waals surface area (Å²) in [6, 6.07) is 0. The van der Waals surface area contributed by atoms with E-state index in [4.69, 9.17) is 14.2 Å². The van der Waals surface area contributed by atoms with E-state index in [-0.39, 0.29) is 30.2 Å². The van der Waals surface area contributed by atoms with E-state index in [1.54, 1.807) is 0 Å². The Balaban J connectivity index is 1.72. The van der Waals surface area contributed by atoms with Crippen molar-refractivity contribution in [3.8, 4) is 0 Å². The van der Waals surface area contributed by atoms with Crippen molar-refractivity contribution in [3.63, 3.8) is 0 Å². The standard InChI is InChI=1S/C13H16O7/c1-7(2)12(15)19-6-10(14)18-5-9-11-8(3-4-17-11)13(16)20-9/h8-9,11H,1,3-6H2,2H3. The van der Waals surface area contributed by atoms with E-state index in [0.717, 1.165) is 0 Å². The van der Waals surface area contributed by atoms with Crippen LogP contribution < -0.4 is 0 Å². The Hall–Kier alpha value is -1.89. The lowest BCUT2D eigenvalue weighted by Gasteiger charge is -2.15. The summed E-state index contributed by atoms with van der Waals surface area (Å²) in [6.07, 6.45) is -0.312. The first-order chi connectivity index (χ1) is 9.49. The predicted molar refractivity (Wildman–Crippen MR) is 64.5 cm³/mol. The number of carbonyl (C=O) groups is 3. The molecule has 0 aromatic rings. The molecule has 0 aromatic carbocycles. The molecule has 3 unspecified atom stereocenters. The van der Waals surface area contributed by atoms with Crippen molar-refractivity contribution in [1.82, 2.24) is 0 Å². The highest BCUT2D eigenvalue weighted by Gasteiger charge is 2.49. The first kappa shape index (κ1) is 14.5. The van der Waals surface area contributed by atoms with Gasteiger partial charge in [0.25, 0.3) is 0 Å². The number of hydrogen-bond donors (Lipinski definition) is 0. The second kappa shape index (κ2) is 6.04. The molecule has 0 aromatic heterocycles. The third-order valence-corrected chi connectivity index (χ3v) is 3.15. The Labute approximate surface area is 115 Å². The van der Waals surface area contributed by atoms with Gasteiger partial charge in [-0.05, 0) is 13.3 Å². The lowest BCUT2D eigenvalue weighted by molar-refractivity contribution is -0.162. The zero-order valence-corrected chi connectivity index (χ0v) is 11.1. The summed E-state index contributed by atoms with van der Waals surface area (Å²) in [4.78, 5) is 34.0. The van der Waals surface area contributed by atoms with Crippen LogP contribution in [0.2, 0.25) is 0 Å². The summed E-state index contributed by atoms with van der Waals surface area (Å²) in [5.74, 6) is -1.95. The predicted octanol–water partition coefficient (Wildman–Crippen LogP) is -0.0206. The molecule has 20 heavy (non-hydrogen) atoms. The molecule has 3 atom stereocenters. The van der Waals surface area contributed by atoms with Gasteiger partial charge in [-0.25, -0.2) is 9.59 Å². The summed E-state index contributed by atoms with van der Waals surface area (Å²) in [5.41, 5.74) is 0.199. The van der Waals surface area contributed by atoms with Crippen molar-refractivity contribution in [2.24, 2.45) is 5.92 Å². The van der Waals surface area contributed by atoms with Gasteiger partial charge in [0, 0.05) is 12.2 Å². The van der Waals surface area contributed by atoms with Gasteiger partial charge < -0.3 is 18.9 Å². The van der Waals surface area contributed by atoms with Crippen molar-refractivity contribution in [2.75, 3.05) is 19.8 Å². The highest BCUT2D eigenvalue weighted by molar-refractivity contribution is 5.88. The van der Waals surface area contributed by atoms with Gasteiger partial charge in [-0.2, -0.15) is 0 Å². The molecular formula is C13H16O7. The van der Waals surface area contributed by atoms with Gasteiger partial charge >= 0.3 is 17.9 Å². The molecule has 0 saturated carbocycles. The summed E-state index contributed by atoms with van der Waals surface area (Å²) < 4.78 is 20.0. The van der Waals surface area contributed by atoms with Gasteiger partial charge in [-0.3, -0.25) is 4.79 Å². The molecule has 0 radical (unpaired) electrons. The minimum absolute atomic E-state index is 0.101. The third kappa shape index (κ3) is 3.16. The zero-order valence-electron chi connectivity index (χ0n) is 11.1. The first-order valence-corrected chi connectivity index (χ1v) is 6.29. The summed E-state index contributed by atoms with van der Waals surface area (Å²) in [7, 11) is 0. The molecule has 2 fully saturated rings. The van der Waals surface area contributed by atoms with Crippen LogP contribution in [0, 0.1) is 5.92 Å². The molecule has 2 saturated heterocycles. The summed E-state index contributed by atoms with van der Waals surface area (Å²) >= 11 is 0. The number of cyclic esters (lactones) is 1. The van der Waals surface area contributed by atoms with Gasteiger partial charge in [-0.1, -0.05) is 6.58 Å². The fourth-order valence-corrected chi connectivity index (χ4v) is 2.13. The molecule has 2 aliphatic rings. The van der Waals surface area contributed by atoms with E-state index < -0.39 is 24.6 Å². The van der Waals surface area contributed by atoms with Gasteiger partial charge in [0.1, 0.15) is 12.7 Å². The lowest BCUT2D eigenvalue weighted by Crippen LogP contribution is -2.31. The van der Waals surface area contributed by atoms with Crippen LogP contribution in [-0.4, -0.2) is 49.9 Å². The van der Waals surface area contributed by atoms with E-state index in [0.29, 0.717) is 13.0 Å².